The van der Waals surface area contributed by atoms with Crippen molar-refractivity contribution in [2.45, 2.75) is 20.4 Å². The zero-order valence-corrected chi connectivity index (χ0v) is 15.7. The lowest BCUT2D eigenvalue weighted by Crippen LogP contribution is -2.27. The number of carbonyl (C=O) groups excluding carboxylic acids is 1. The van der Waals surface area contributed by atoms with E-state index in [1.807, 2.05) is 38.1 Å². The van der Waals surface area contributed by atoms with Crippen LogP contribution in [0.4, 0.5) is 0 Å². The molecule has 0 atom stereocenters. The number of nitrogens with one attached hydrogen (secondary N) is 2. The molecule has 2 N–H and O–H groups in total. The third-order valence-corrected chi connectivity index (χ3v) is 4.15. The van der Waals surface area contributed by atoms with E-state index in [4.69, 9.17) is 11.6 Å². The molecule has 0 aliphatic rings. The van der Waals surface area contributed by atoms with Gasteiger partial charge in [-0.05, 0) is 23.8 Å². The first-order valence-corrected chi connectivity index (χ1v) is 8.90. The van der Waals surface area contributed by atoms with E-state index in [1.165, 1.54) is 12.3 Å². The van der Waals surface area contributed by atoms with Gasteiger partial charge in [0.25, 0.3) is 5.56 Å². The number of rotatable bonds is 5. The van der Waals surface area contributed by atoms with E-state index in [-0.39, 0.29) is 17.4 Å². The van der Waals surface area contributed by atoms with Crippen molar-refractivity contribution in [1.82, 2.24) is 20.3 Å². The van der Waals surface area contributed by atoms with Gasteiger partial charge in [0.2, 0.25) is 5.91 Å². The summed E-state index contributed by atoms with van der Waals surface area (Å²) in [6, 6.07) is 12.3. The van der Waals surface area contributed by atoms with E-state index in [0.717, 1.165) is 11.1 Å². The SMILES string of the molecule is CC(C)C(=O)NCc1cccc(-c2nc(-c3ccc(Cl)cn3)cc(=O)[nH]2)c1. The maximum atomic E-state index is 12.1. The van der Waals surface area contributed by atoms with Gasteiger partial charge in [0.1, 0.15) is 5.82 Å². The minimum absolute atomic E-state index is 0.0113. The number of nitrogens with zero attached hydrogens (tertiary/aromatic N) is 2. The summed E-state index contributed by atoms with van der Waals surface area (Å²) in [4.78, 5) is 35.3. The highest BCUT2D eigenvalue weighted by Crippen LogP contribution is 2.20. The van der Waals surface area contributed by atoms with Crippen molar-refractivity contribution in [1.29, 1.82) is 0 Å². The fraction of sp³-hybridized carbons (Fsp3) is 0.200. The summed E-state index contributed by atoms with van der Waals surface area (Å²) < 4.78 is 0. The summed E-state index contributed by atoms with van der Waals surface area (Å²) in [6.07, 6.45) is 1.51. The third-order valence-electron chi connectivity index (χ3n) is 3.92. The Morgan fingerprint density at radius 3 is 2.70 bits per heavy atom. The molecule has 6 nitrogen and oxygen atoms in total. The molecule has 0 radical (unpaired) electrons. The van der Waals surface area contributed by atoms with Gasteiger partial charge in [-0.3, -0.25) is 14.6 Å². The Morgan fingerprint density at radius 2 is 2.00 bits per heavy atom. The van der Waals surface area contributed by atoms with Crippen LogP contribution in [0.25, 0.3) is 22.8 Å². The van der Waals surface area contributed by atoms with Gasteiger partial charge in [-0.25, -0.2) is 4.98 Å². The van der Waals surface area contributed by atoms with Crippen molar-refractivity contribution in [3.05, 3.63) is 69.6 Å². The summed E-state index contributed by atoms with van der Waals surface area (Å²) >= 11 is 5.87. The van der Waals surface area contributed by atoms with Crippen LogP contribution in [0.15, 0.2) is 53.5 Å². The molecule has 0 fully saturated rings. The molecule has 0 unspecified atom stereocenters. The molecule has 0 aliphatic carbocycles. The van der Waals surface area contributed by atoms with Gasteiger partial charge < -0.3 is 10.3 Å². The Balaban J connectivity index is 1.90. The van der Waals surface area contributed by atoms with Crippen molar-refractivity contribution >= 4 is 17.5 Å². The molecule has 0 saturated carbocycles. The van der Waals surface area contributed by atoms with Crippen molar-refractivity contribution in [3.63, 3.8) is 0 Å². The molecule has 1 aromatic carbocycles. The van der Waals surface area contributed by atoms with Crippen LogP contribution >= 0.6 is 11.6 Å². The van der Waals surface area contributed by atoms with E-state index in [0.29, 0.717) is 28.8 Å². The van der Waals surface area contributed by atoms with Crippen LogP contribution < -0.4 is 10.9 Å². The number of aromatic amines is 1. The van der Waals surface area contributed by atoms with E-state index >= 15 is 0 Å². The van der Waals surface area contributed by atoms with Gasteiger partial charge in [0.05, 0.1) is 16.4 Å². The highest BCUT2D eigenvalue weighted by atomic mass is 35.5. The zero-order valence-electron chi connectivity index (χ0n) is 15.0. The molecule has 1 amide bonds. The van der Waals surface area contributed by atoms with Gasteiger partial charge in [-0.2, -0.15) is 0 Å². The molecule has 27 heavy (non-hydrogen) atoms. The van der Waals surface area contributed by atoms with Crippen LogP contribution in [0.3, 0.4) is 0 Å². The highest BCUT2D eigenvalue weighted by Gasteiger charge is 2.09. The van der Waals surface area contributed by atoms with Crippen molar-refractivity contribution in [3.8, 4) is 22.8 Å². The smallest absolute Gasteiger partial charge is 0.251 e. The number of amides is 1. The number of pyridine rings is 1. The average molecular weight is 383 g/mol. The summed E-state index contributed by atoms with van der Waals surface area (Å²) in [6.45, 7) is 4.10. The van der Waals surface area contributed by atoms with Crippen LogP contribution in [0, 0.1) is 5.92 Å². The van der Waals surface area contributed by atoms with Gasteiger partial charge in [0.15, 0.2) is 0 Å². The normalized spacial score (nSPS) is 10.8. The first-order chi connectivity index (χ1) is 12.9. The van der Waals surface area contributed by atoms with E-state index in [2.05, 4.69) is 20.3 Å². The number of aromatic nitrogens is 3. The molecule has 0 spiro atoms. The topological polar surface area (TPSA) is 87.7 Å². The Bertz CT molecular complexity index is 1010. The van der Waals surface area contributed by atoms with Gasteiger partial charge >= 0.3 is 0 Å². The van der Waals surface area contributed by atoms with Gasteiger partial charge in [0, 0.05) is 30.3 Å². The Hall–Kier alpha value is -2.99. The van der Waals surface area contributed by atoms with Crippen LogP contribution in [0.1, 0.15) is 19.4 Å². The number of halogens is 1. The molecule has 3 aromatic rings. The van der Waals surface area contributed by atoms with Crippen LogP contribution in [0.5, 0.6) is 0 Å². The largest absolute Gasteiger partial charge is 0.352 e. The van der Waals surface area contributed by atoms with E-state index in [9.17, 15) is 9.59 Å². The predicted octanol–water partition coefficient (Wildman–Crippen LogP) is 3.42. The Kier molecular flexibility index (Phi) is 5.66. The van der Waals surface area contributed by atoms with E-state index in [1.54, 1.807) is 12.1 Å². The molecule has 0 bridgehead atoms. The van der Waals surface area contributed by atoms with Crippen molar-refractivity contribution < 1.29 is 4.79 Å². The molecular weight excluding hydrogens is 364 g/mol. The van der Waals surface area contributed by atoms with Crippen LogP contribution in [-0.4, -0.2) is 20.9 Å². The monoisotopic (exact) mass is 382 g/mol. The number of hydrogen-bond acceptors (Lipinski definition) is 4. The zero-order chi connectivity index (χ0) is 19.4. The Morgan fingerprint density at radius 1 is 1.19 bits per heavy atom. The first kappa shape index (κ1) is 18.8. The third kappa shape index (κ3) is 4.80. The maximum Gasteiger partial charge on any atom is 0.251 e. The van der Waals surface area contributed by atoms with Crippen molar-refractivity contribution in [2.75, 3.05) is 0 Å². The second-order valence-electron chi connectivity index (χ2n) is 6.41. The summed E-state index contributed by atoms with van der Waals surface area (Å²) in [7, 11) is 0. The first-order valence-electron chi connectivity index (χ1n) is 8.52. The molecule has 7 heteroatoms. The number of benzene rings is 1. The van der Waals surface area contributed by atoms with Crippen molar-refractivity contribution in [2.24, 2.45) is 5.92 Å². The lowest BCUT2D eigenvalue weighted by atomic mass is 10.1. The second kappa shape index (κ2) is 8.14. The molecule has 2 heterocycles. The van der Waals surface area contributed by atoms with Crippen LogP contribution in [-0.2, 0) is 11.3 Å². The van der Waals surface area contributed by atoms with Crippen LogP contribution in [0.2, 0.25) is 5.02 Å². The second-order valence-corrected chi connectivity index (χ2v) is 6.85. The number of carbonyl (C=O) groups is 1. The number of hydrogen-bond donors (Lipinski definition) is 2. The fourth-order valence-electron chi connectivity index (χ4n) is 2.47. The van der Waals surface area contributed by atoms with E-state index < -0.39 is 0 Å². The molecular formula is C20H19ClN4O2. The minimum atomic E-state index is -0.273. The lowest BCUT2D eigenvalue weighted by Gasteiger charge is -2.09. The van der Waals surface area contributed by atoms with Gasteiger partial charge in [-0.1, -0.05) is 43.6 Å². The standard InChI is InChI=1S/C20H19ClN4O2/c1-12(2)20(27)23-10-13-4-3-5-14(8-13)19-24-17(9-18(26)25-19)16-7-6-15(21)11-22-16/h3-9,11-12H,10H2,1-2H3,(H,23,27)(H,24,25,26). The maximum absolute atomic E-state index is 12.1. The lowest BCUT2D eigenvalue weighted by molar-refractivity contribution is -0.124. The summed E-state index contributed by atoms with van der Waals surface area (Å²) in [5, 5.41) is 3.39. The molecule has 2 aromatic heterocycles. The highest BCUT2D eigenvalue weighted by molar-refractivity contribution is 6.30. The molecule has 3 rings (SSSR count). The minimum Gasteiger partial charge on any atom is -0.352 e. The molecule has 138 valence electrons. The summed E-state index contributed by atoms with van der Waals surface area (Å²) in [5.74, 6) is 0.351. The van der Waals surface area contributed by atoms with Gasteiger partial charge in [-0.15, -0.1) is 0 Å². The molecule has 0 saturated heterocycles. The fourth-order valence-corrected chi connectivity index (χ4v) is 2.59. The average Bonchev–Trinajstić information content (AvgIpc) is 2.66. The number of H-pyrrole nitrogens is 1. The quantitative estimate of drug-likeness (QED) is 0.707. The Labute approximate surface area is 161 Å². The molecule has 0 aliphatic heterocycles. The summed E-state index contributed by atoms with van der Waals surface area (Å²) in [5.41, 5.74) is 2.42. The predicted molar refractivity (Wildman–Crippen MR) is 105 cm³/mol.